The van der Waals surface area contributed by atoms with Crippen LogP contribution >= 0.6 is 0 Å². The van der Waals surface area contributed by atoms with Crippen LogP contribution in [-0.4, -0.2) is 20.9 Å². The van der Waals surface area contributed by atoms with E-state index in [-0.39, 0.29) is 5.91 Å². The van der Waals surface area contributed by atoms with E-state index in [0.29, 0.717) is 17.9 Å². The van der Waals surface area contributed by atoms with E-state index in [2.05, 4.69) is 15.5 Å². The van der Waals surface area contributed by atoms with Gasteiger partial charge in [0.25, 0.3) is 5.91 Å². The maximum atomic E-state index is 12.4. The molecule has 23 heavy (non-hydrogen) atoms. The van der Waals surface area contributed by atoms with Crippen molar-refractivity contribution in [2.75, 3.05) is 0 Å². The lowest BCUT2D eigenvalue weighted by Gasteiger charge is -2.06. The van der Waals surface area contributed by atoms with Gasteiger partial charge in [-0.3, -0.25) is 4.79 Å². The summed E-state index contributed by atoms with van der Waals surface area (Å²) in [6.07, 6.45) is 0. The first-order valence-electron chi connectivity index (χ1n) is 7.47. The topological polar surface area (TPSA) is 59.8 Å². The molecular formula is C18H18N4O. The number of aromatic nitrogens is 3. The predicted octanol–water partition coefficient (Wildman–Crippen LogP) is 2.81. The average Bonchev–Trinajstić information content (AvgIpc) is 2.97. The summed E-state index contributed by atoms with van der Waals surface area (Å²) in [5.41, 5.74) is 4.03. The number of benzene rings is 2. The van der Waals surface area contributed by atoms with Gasteiger partial charge in [-0.1, -0.05) is 42.5 Å². The van der Waals surface area contributed by atoms with E-state index in [1.807, 2.05) is 61.5 Å². The summed E-state index contributed by atoms with van der Waals surface area (Å²) in [5.74, 6) is -0.215. The molecule has 0 bridgehead atoms. The van der Waals surface area contributed by atoms with Crippen LogP contribution in [0.1, 0.15) is 27.3 Å². The third-order valence-corrected chi connectivity index (χ3v) is 3.69. The predicted molar refractivity (Wildman–Crippen MR) is 88.4 cm³/mol. The summed E-state index contributed by atoms with van der Waals surface area (Å²) < 4.78 is 0. The van der Waals surface area contributed by atoms with E-state index in [1.165, 1.54) is 4.80 Å². The van der Waals surface area contributed by atoms with Gasteiger partial charge in [-0.2, -0.15) is 9.90 Å². The van der Waals surface area contributed by atoms with E-state index >= 15 is 0 Å². The highest BCUT2D eigenvalue weighted by molar-refractivity contribution is 5.93. The highest BCUT2D eigenvalue weighted by Gasteiger charge is 2.16. The zero-order chi connectivity index (χ0) is 16.2. The van der Waals surface area contributed by atoms with Gasteiger partial charge >= 0.3 is 0 Å². The van der Waals surface area contributed by atoms with Crippen molar-refractivity contribution < 1.29 is 4.79 Å². The standard InChI is InChI=1S/C18H18N4O/c1-13-8-6-7-9-15(13)12-19-18(23)17-14(2)20-22(21-17)16-10-4-3-5-11-16/h3-11H,12H2,1-2H3,(H,19,23). The van der Waals surface area contributed by atoms with Gasteiger partial charge in [0.05, 0.1) is 11.4 Å². The third-order valence-electron chi connectivity index (χ3n) is 3.69. The number of carbonyl (C=O) groups excluding carboxylic acids is 1. The SMILES string of the molecule is Cc1ccccc1CNC(=O)c1nn(-c2ccccc2)nc1C. The zero-order valence-corrected chi connectivity index (χ0v) is 13.2. The number of hydrogen-bond acceptors (Lipinski definition) is 3. The van der Waals surface area contributed by atoms with Crippen molar-refractivity contribution >= 4 is 5.91 Å². The Labute approximate surface area is 135 Å². The number of carbonyl (C=O) groups is 1. The van der Waals surface area contributed by atoms with Crippen LogP contribution in [0.15, 0.2) is 54.6 Å². The van der Waals surface area contributed by atoms with E-state index in [4.69, 9.17) is 0 Å². The second kappa shape index (κ2) is 6.44. The van der Waals surface area contributed by atoms with Crippen molar-refractivity contribution in [1.82, 2.24) is 20.3 Å². The first kappa shape index (κ1) is 15.0. The van der Waals surface area contributed by atoms with Crippen molar-refractivity contribution in [1.29, 1.82) is 0 Å². The molecule has 0 spiro atoms. The number of nitrogens with one attached hydrogen (secondary N) is 1. The van der Waals surface area contributed by atoms with Crippen molar-refractivity contribution in [3.63, 3.8) is 0 Å². The summed E-state index contributed by atoms with van der Waals surface area (Å²) in [4.78, 5) is 13.9. The van der Waals surface area contributed by atoms with Crippen molar-refractivity contribution in [2.24, 2.45) is 0 Å². The molecule has 1 aromatic heterocycles. The zero-order valence-electron chi connectivity index (χ0n) is 13.2. The highest BCUT2D eigenvalue weighted by Crippen LogP contribution is 2.09. The molecule has 3 aromatic rings. The molecule has 0 unspecified atom stereocenters. The van der Waals surface area contributed by atoms with Crippen LogP contribution in [0.25, 0.3) is 5.69 Å². The molecule has 0 aliphatic carbocycles. The number of amides is 1. The van der Waals surface area contributed by atoms with Crippen LogP contribution in [0.4, 0.5) is 0 Å². The summed E-state index contributed by atoms with van der Waals surface area (Å²) in [6.45, 7) is 4.29. The molecule has 116 valence electrons. The molecule has 0 atom stereocenters. The molecule has 0 aliphatic rings. The van der Waals surface area contributed by atoms with Crippen molar-refractivity contribution in [2.45, 2.75) is 20.4 Å². The molecule has 3 rings (SSSR count). The van der Waals surface area contributed by atoms with Gasteiger partial charge < -0.3 is 5.32 Å². The first-order chi connectivity index (χ1) is 11.1. The minimum Gasteiger partial charge on any atom is -0.346 e. The average molecular weight is 306 g/mol. The van der Waals surface area contributed by atoms with E-state index in [9.17, 15) is 4.79 Å². The fraction of sp³-hybridized carbons (Fsp3) is 0.167. The van der Waals surface area contributed by atoms with Gasteiger partial charge in [0.2, 0.25) is 0 Å². The maximum Gasteiger partial charge on any atom is 0.274 e. The second-order valence-electron chi connectivity index (χ2n) is 5.37. The van der Waals surface area contributed by atoms with Gasteiger partial charge in [-0.25, -0.2) is 0 Å². The van der Waals surface area contributed by atoms with Crippen LogP contribution in [0, 0.1) is 13.8 Å². The maximum absolute atomic E-state index is 12.4. The Morgan fingerprint density at radius 1 is 1.00 bits per heavy atom. The van der Waals surface area contributed by atoms with Crippen LogP contribution in [0.2, 0.25) is 0 Å². The number of para-hydroxylation sites is 1. The quantitative estimate of drug-likeness (QED) is 0.806. The number of hydrogen-bond donors (Lipinski definition) is 1. The van der Waals surface area contributed by atoms with Gasteiger partial charge in [0.1, 0.15) is 0 Å². The fourth-order valence-electron chi connectivity index (χ4n) is 2.33. The lowest BCUT2D eigenvalue weighted by molar-refractivity contribution is 0.0945. The second-order valence-corrected chi connectivity index (χ2v) is 5.37. The Bertz CT molecular complexity index is 824. The lowest BCUT2D eigenvalue weighted by atomic mass is 10.1. The Morgan fingerprint density at radius 3 is 2.43 bits per heavy atom. The van der Waals surface area contributed by atoms with E-state index in [0.717, 1.165) is 16.8 Å². The van der Waals surface area contributed by atoms with Crippen LogP contribution < -0.4 is 5.32 Å². The number of aryl methyl sites for hydroxylation is 2. The summed E-state index contributed by atoms with van der Waals surface area (Å²) in [6, 6.07) is 17.5. The van der Waals surface area contributed by atoms with Crippen LogP contribution in [0.3, 0.4) is 0 Å². The minimum atomic E-state index is -0.215. The molecule has 0 saturated carbocycles. The normalized spacial score (nSPS) is 10.5. The van der Waals surface area contributed by atoms with Gasteiger partial charge in [0.15, 0.2) is 5.69 Å². The monoisotopic (exact) mass is 306 g/mol. The molecule has 1 heterocycles. The summed E-state index contributed by atoms with van der Waals surface area (Å²) >= 11 is 0. The van der Waals surface area contributed by atoms with E-state index < -0.39 is 0 Å². The Kier molecular flexibility index (Phi) is 4.19. The molecule has 1 amide bonds. The van der Waals surface area contributed by atoms with Crippen molar-refractivity contribution in [3.8, 4) is 5.69 Å². The molecule has 1 N–H and O–H groups in total. The van der Waals surface area contributed by atoms with E-state index in [1.54, 1.807) is 6.92 Å². The van der Waals surface area contributed by atoms with Gasteiger partial charge in [-0.15, -0.1) is 5.10 Å². The Hall–Kier alpha value is -2.95. The fourth-order valence-corrected chi connectivity index (χ4v) is 2.33. The van der Waals surface area contributed by atoms with Crippen LogP contribution in [-0.2, 0) is 6.54 Å². The summed E-state index contributed by atoms with van der Waals surface area (Å²) in [7, 11) is 0. The van der Waals surface area contributed by atoms with Crippen LogP contribution in [0.5, 0.6) is 0 Å². The lowest BCUT2D eigenvalue weighted by Crippen LogP contribution is -2.24. The molecule has 0 radical (unpaired) electrons. The highest BCUT2D eigenvalue weighted by atomic mass is 16.2. The third kappa shape index (κ3) is 3.29. The first-order valence-corrected chi connectivity index (χ1v) is 7.47. The Morgan fingerprint density at radius 2 is 1.70 bits per heavy atom. The Balaban J connectivity index is 1.75. The molecule has 5 nitrogen and oxygen atoms in total. The number of rotatable bonds is 4. The van der Waals surface area contributed by atoms with Gasteiger partial charge in [-0.05, 0) is 37.1 Å². The molecule has 5 heteroatoms. The minimum absolute atomic E-state index is 0.215. The molecule has 0 saturated heterocycles. The smallest absolute Gasteiger partial charge is 0.274 e. The van der Waals surface area contributed by atoms with Gasteiger partial charge in [0, 0.05) is 6.54 Å². The largest absolute Gasteiger partial charge is 0.346 e. The molecular weight excluding hydrogens is 288 g/mol. The molecule has 0 fully saturated rings. The number of nitrogens with zero attached hydrogens (tertiary/aromatic N) is 3. The summed E-state index contributed by atoms with van der Waals surface area (Å²) in [5, 5.41) is 11.5. The molecule has 2 aromatic carbocycles. The van der Waals surface area contributed by atoms with Crippen molar-refractivity contribution in [3.05, 3.63) is 77.1 Å². The molecule has 0 aliphatic heterocycles.